The fourth-order valence-electron chi connectivity index (χ4n) is 2.25. The molecular weight excluding hydrogens is 268 g/mol. The Bertz CT molecular complexity index is 693. The van der Waals surface area contributed by atoms with Crippen LogP contribution in [0.25, 0.3) is 11.1 Å². The molecule has 0 aliphatic heterocycles. The predicted octanol–water partition coefficient (Wildman–Crippen LogP) is 3.94. The van der Waals surface area contributed by atoms with E-state index in [0.29, 0.717) is 10.6 Å². The molecule has 0 saturated heterocycles. The van der Waals surface area contributed by atoms with Gasteiger partial charge in [-0.25, -0.2) is 0 Å². The number of rotatable bonds is 3. The summed E-state index contributed by atoms with van der Waals surface area (Å²) in [5, 5.41) is 13.0. The van der Waals surface area contributed by atoms with Crippen LogP contribution in [-0.2, 0) is 4.79 Å². The summed E-state index contributed by atoms with van der Waals surface area (Å²) in [6.07, 6.45) is 1.92. The van der Waals surface area contributed by atoms with Crippen molar-refractivity contribution in [2.45, 2.75) is 19.8 Å². The van der Waals surface area contributed by atoms with Gasteiger partial charge < -0.3 is 5.32 Å². The molecule has 1 amide bonds. The van der Waals surface area contributed by atoms with E-state index in [0.717, 1.165) is 28.8 Å². The largest absolute Gasteiger partial charge is 0.316 e. The molecule has 0 atom stereocenters. The monoisotopic (exact) mass is 282 g/mol. The highest BCUT2D eigenvalue weighted by Gasteiger charge is 2.31. The molecule has 3 nitrogen and oxygen atoms in total. The van der Waals surface area contributed by atoms with Gasteiger partial charge in [0.1, 0.15) is 11.1 Å². The zero-order chi connectivity index (χ0) is 14.1. The maximum absolute atomic E-state index is 11.9. The summed E-state index contributed by atoms with van der Waals surface area (Å²) in [6.45, 7) is 1.99. The van der Waals surface area contributed by atoms with Gasteiger partial charge in [0.2, 0.25) is 5.91 Å². The van der Waals surface area contributed by atoms with E-state index in [4.69, 9.17) is 0 Å². The number of hydrogen-bond acceptors (Lipinski definition) is 3. The maximum atomic E-state index is 11.9. The molecule has 1 aliphatic carbocycles. The Morgan fingerprint density at radius 3 is 2.65 bits per heavy atom. The summed E-state index contributed by atoms with van der Waals surface area (Å²) < 4.78 is 0. The van der Waals surface area contributed by atoms with E-state index in [-0.39, 0.29) is 11.8 Å². The van der Waals surface area contributed by atoms with E-state index in [1.165, 1.54) is 11.3 Å². The Kier molecular flexibility index (Phi) is 3.29. The standard InChI is InChI=1S/C16H14N2OS/c1-10-14(11-5-3-2-4-6-11)13(9-17)16(20-10)18-15(19)12-7-8-12/h2-6,12H,7-8H2,1H3,(H,18,19). The highest BCUT2D eigenvalue weighted by molar-refractivity contribution is 7.17. The van der Waals surface area contributed by atoms with Crippen LogP contribution in [0.3, 0.4) is 0 Å². The number of aryl methyl sites for hydroxylation is 1. The maximum Gasteiger partial charge on any atom is 0.228 e. The van der Waals surface area contributed by atoms with Crippen LogP contribution >= 0.6 is 11.3 Å². The fraction of sp³-hybridized carbons (Fsp3) is 0.250. The average Bonchev–Trinajstić information content (AvgIpc) is 3.25. The van der Waals surface area contributed by atoms with Gasteiger partial charge in [-0.3, -0.25) is 4.79 Å². The van der Waals surface area contributed by atoms with Gasteiger partial charge in [0.25, 0.3) is 0 Å². The normalized spacial score (nSPS) is 13.8. The Morgan fingerprint density at radius 1 is 1.35 bits per heavy atom. The molecule has 1 aliphatic rings. The number of amides is 1. The lowest BCUT2D eigenvalue weighted by Gasteiger charge is -2.03. The third-order valence-electron chi connectivity index (χ3n) is 3.44. The van der Waals surface area contributed by atoms with Gasteiger partial charge in [0.05, 0.1) is 5.56 Å². The lowest BCUT2D eigenvalue weighted by molar-refractivity contribution is -0.117. The van der Waals surface area contributed by atoms with Crippen molar-refractivity contribution in [2.75, 3.05) is 5.32 Å². The van der Waals surface area contributed by atoms with Gasteiger partial charge in [-0.05, 0) is 25.3 Å². The first-order valence-corrected chi connectivity index (χ1v) is 7.42. The Morgan fingerprint density at radius 2 is 2.05 bits per heavy atom. The van der Waals surface area contributed by atoms with Crippen molar-refractivity contribution < 1.29 is 4.79 Å². The van der Waals surface area contributed by atoms with Gasteiger partial charge in [0.15, 0.2) is 0 Å². The quantitative estimate of drug-likeness (QED) is 0.927. The van der Waals surface area contributed by atoms with E-state index in [1.807, 2.05) is 37.3 Å². The van der Waals surface area contributed by atoms with Crippen molar-refractivity contribution in [3.63, 3.8) is 0 Å². The lowest BCUT2D eigenvalue weighted by atomic mass is 10.0. The summed E-state index contributed by atoms with van der Waals surface area (Å²) in [5.74, 6) is 0.187. The van der Waals surface area contributed by atoms with E-state index < -0.39 is 0 Å². The van der Waals surface area contributed by atoms with Gasteiger partial charge in [0, 0.05) is 16.4 Å². The second-order valence-corrected chi connectivity index (χ2v) is 6.20. The van der Waals surface area contributed by atoms with Crippen LogP contribution in [0.4, 0.5) is 5.00 Å². The second kappa shape index (κ2) is 5.10. The Hall–Kier alpha value is -2.12. The molecule has 4 heteroatoms. The minimum absolute atomic E-state index is 0.0439. The van der Waals surface area contributed by atoms with Crippen LogP contribution in [0, 0.1) is 24.2 Å². The molecule has 1 heterocycles. The molecule has 1 aromatic heterocycles. The molecule has 2 aromatic rings. The molecular formula is C16H14N2OS. The molecule has 1 aromatic carbocycles. The van der Waals surface area contributed by atoms with Crippen LogP contribution in [0.1, 0.15) is 23.3 Å². The zero-order valence-corrected chi connectivity index (χ0v) is 12.0. The predicted molar refractivity (Wildman–Crippen MR) is 80.6 cm³/mol. The molecule has 0 unspecified atom stereocenters. The molecule has 20 heavy (non-hydrogen) atoms. The summed E-state index contributed by atoms with van der Waals surface area (Å²) in [5.41, 5.74) is 2.53. The molecule has 1 saturated carbocycles. The van der Waals surface area contributed by atoms with Crippen molar-refractivity contribution in [3.8, 4) is 17.2 Å². The number of anilines is 1. The topological polar surface area (TPSA) is 52.9 Å². The van der Waals surface area contributed by atoms with Gasteiger partial charge in [-0.2, -0.15) is 5.26 Å². The van der Waals surface area contributed by atoms with Crippen molar-refractivity contribution in [1.29, 1.82) is 5.26 Å². The number of carbonyl (C=O) groups is 1. The van der Waals surface area contributed by atoms with Crippen LogP contribution in [0.2, 0.25) is 0 Å². The SMILES string of the molecule is Cc1sc(NC(=O)C2CC2)c(C#N)c1-c1ccccc1. The molecule has 100 valence electrons. The van der Waals surface area contributed by atoms with Crippen LogP contribution in [0.15, 0.2) is 30.3 Å². The first-order valence-electron chi connectivity index (χ1n) is 6.60. The number of carbonyl (C=O) groups excluding carboxylic acids is 1. The average molecular weight is 282 g/mol. The number of nitrogens with zero attached hydrogens (tertiary/aromatic N) is 1. The third kappa shape index (κ3) is 2.33. The fourth-order valence-corrected chi connectivity index (χ4v) is 3.28. The molecule has 3 rings (SSSR count). The molecule has 0 bridgehead atoms. The molecule has 1 N–H and O–H groups in total. The van der Waals surface area contributed by atoms with Gasteiger partial charge in [-0.1, -0.05) is 30.3 Å². The minimum Gasteiger partial charge on any atom is -0.316 e. The highest BCUT2D eigenvalue weighted by Crippen LogP contribution is 2.40. The Balaban J connectivity index is 2.01. The summed E-state index contributed by atoms with van der Waals surface area (Å²) >= 11 is 1.48. The van der Waals surface area contributed by atoms with Crippen LogP contribution in [-0.4, -0.2) is 5.91 Å². The van der Waals surface area contributed by atoms with Crippen LogP contribution < -0.4 is 5.32 Å². The lowest BCUT2D eigenvalue weighted by Crippen LogP contribution is -2.12. The molecule has 0 radical (unpaired) electrons. The van der Waals surface area contributed by atoms with E-state index in [9.17, 15) is 10.1 Å². The first kappa shape index (κ1) is 12.9. The number of thiophene rings is 1. The zero-order valence-electron chi connectivity index (χ0n) is 11.1. The number of benzene rings is 1. The smallest absolute Gasteiger partial charge is 0.228 e. The third-order valence-corrected chi connectivity index (χ3v) is 4.46. The highest BCUT2D eigenvalue weighted by atomic mass is 32.1. The number of hydrogen-bond donors (Lipinski definition) is 1. The number of nitriles is 1. The summed E-state index contributed by atoms with van der Waals surface area (Å²) in [4.78, 5) is 12.9. The van der Waals surface area contributed by atoms with Gasteiger partial charge in [-0.15, -0.1) is 11.3 Å². The van der Waals surface area contributed by atoms with Gasteiger partial charge >= 0.3 is 0 Å². The van der Waals surface area contributed by atoms with Crippen molar-refractivity contribution >= 4 is 22.2 Å². The van der Waals surface area contributed by atoms with Crippen molar-refractivity contribution in [2.24, 2.45) is 5.92 Å². The molecule has 0 spiro atoms. The summed E-state index contributed by atoms with van der Waals surface area (Å²) in [6, 6.07) is 12.1. The second-order valence-electron chi connectivity index (χ2n) is 4.98. The van der Waals surface area contributed by atoms with Crippen LogP contribution in [0.5, 0.6) is 0 Å². The minimum atomic E-state index is 0.0439. The summed E-state index contributed by atoms with van der Waals surface area (Å²) in [7, 11) is 0. The van der Waals surface area contributed by atoms with Crippen molar-refractivity contribution in [3.05, 3.63) is 40.8 Å². The van der Waals surface area contributed by atoms with E-state index in [1.54, 1.807) is 0 Å². The number of nitrogens with one attached hydrogen (secondary N) is 1. The van der Waals surface area contributed by atoms with Crippen molar-refractivity contribution in [1.82, 2.24) is 0 Å². The Labute approximate surface area is 121 Å². The first-order chi connectivity index (χ1) is 9.70. The van der Waals surface area contributed by atoms with E-state index in [2.05, 4.69) is 11.4 Å². The van der Waals surface area contributed by atoms with E-state index >= 15 is 0 Å². The molecule has 1 fully saturated rings.